The molecule has 0 unspecified atom stereocenters. The van der Waals surface area contributed by atoms with Crippen molar-refractivity contribution < 1.29 is 34.9 Å². The normalized spacial score (nSPS) is 17.9. The van der Waals surface area contributed by atoms with E-state index in [0.29, 0.717) is 6.07 Å². The first kappa shape index (κ1) is 19.2. The van der Waals surface area contributed by atoms with Gasteiger partial charge in [-0.3, -0.25) is 9.56 Å². The molecule has 1 atom stereocenters. The van der Waals surface area contributed by atoms with Gasteiger partial charge >= 0.3 is 6.18 Å². The van der Waals surface area contributed by atoms with Crippen LogP contribution in [-0.4, -0.2) is 24.9 Å². The fourth-order valence-corrected chi connectivity index (χ4v) is 3.17. The summed E-state index contributed by atoms with van der Waals surface area (Å²) >= 11 is 0. The van der Waals surface area contributed by atoms with Gasteiger partial charge in [0.25, 0.3) is 10.1 Å². The Kier molecular flexibility index (Phi) is 4.68. The maximum Gasteiger partial charge on any atom is 0.431 e. The standard InChI is InChI=1S/C16H11F5N2O3S/c17-10-3-6-13(12(18)7-10)23-14(8-15(22-23)16(19,20)21)9-1-4-11(5-2-9)27(24,25)26/h1-7,14H,8H2,(H,24,25,26)/t14-/m0/s1. The molecule has 1 heterocycles. The molecule has 144 valence electrons. The van der Waals surface area contributed by atoms with Crippen LogP contribution in [0.2, 0.25) is 0 Å². The second-order valence-electron chi connectivity index (χ2n) is 5.75. The van der Waals surface area contributed by atoms with E-state index in [1.165, 1.54) is 12.1 Å². The van der Waals surface area contributed by atoms with Crippen molar-refractivity contribution in [2.24, 2.45) is 5.10 Å². The van der Waals surface area contributed by atoms with E-state index in [2.05, 4.69) is 5.10 Å². The molecule has 1 aliphatic rings. The molecule has 2 aromatic carbocycles. The van der Waals surface area contributed by atoms with Gasteiger partial charge in [-0.05, 0) is 29.8 Å². The Balaban J connectivity index is 2.05. The first-order valence-corrected chi connectivity index (χ1v) is 8.87. The molecule has 27 heavy (non-hydrogen) atoms. The van der Waals surface area contributed by atoms with Crippen LogP contribution in [-0.2, 0) is 10.1 Å². The maximum absolute atomic E-state index is 14.1. The molecule has 0 saturated heterocycles. The van der Waals surface area contributed by atoms with E-state index in [9.17, 15) is 30.4 Å². The number of alkyl halides is 3. The average Bonchev–Trinajstić information content (AvgIpc) is 2.99. The number of rotatable bonds is 3. The van der Waals surface area contributed by atoms with E-state index in [0.717, 1.165) is 29.3 Å². The highest BCUT2D eigenvalue weighted by atomic mass is 32.2. The lowest BCUT2D eigenvalue weighted by atomic mass is 10.0. The van der Waals surface area contributed by atoms with Crippen LogP contribution in [0.15, 0.2) is 52.5 Å². The van der Waals surface area contributed by atoms with Crippen molar-refractivity contribution in [3.63, 3.8) is 0 Å². The van der Waals surface area contributed by atoms with Crippen molar-refractivity contribution in [2.75, 3.05) is 5.01 Å². The van der Waals surface area contributed by atoms with Crippen LogP contribution in [0.4, 0.5) is 27.6 Å². The van der Waals surface area contributed by atoms with Crippen LogP contribution in [0.5, 0.6) is 0 Å². The van der Waals surface area contributed by atoms with Gasteiger partial charge < -0.3 is 0 Å². The summed E-state index contributed by atoms with van der Waals surface area (Å²) in [6, 6.07) is 5.68. The third-order valence-corrected chi connectivity index (χ3v) is 4.82. The molecular weight excluding hydrogens is 395 g/mol. The molecule has 0 radical (unpaired) electrons. The third-order valence-electron chi connectivity index (χ3n) is 3.96. The Labute approximate surface area is 150 Å². The topological polar surface area (TPSA) is 70.0 Å². The second kappa shape index (κ2) is 6.57. The van der Waals surface area contributed by atoms with Gasteiger partial charge in [0, 0.05) is 12.5 Å². The molecule has 1 N–H and O–H groups in total. The van der Waals surface area contributed by atoms with Gasteiger partial charge in [0.15, 0.2) is 5.82 Å². The monoisotopic (exact) mass is 406 g/mol. The molecule has 0 fully saturated rings. The Morgan fingerprint density at radius 3 is 2.22 bits per heavy atom. The van der Waals surface area contributed by atoms with Gasteiger partial charge in [-0.1, -0.05) is 12.1 Å². The van der Waals surface area contributed by atoms with Crippen LogP contribution < -0.4 is 5.01 Å². The summed E-state index contributed by atoms with van der Waals surface area (Å²) in [6.07, 6.45) is -5.37. The number of nitrogens with zero attached hydrogens (tertiary/aromatic N) is 2. The summed E-state index contributed by atoms with van der Waals surface area (Å²) in [5.41, 5.74) is -1.32. The molecule has 0 amide bonds. The summed E-state index contributed by atoms with van der Waals surface area (Å²) in [4.78, 5) is -0.444. The molecule has 0 aromatic heterocycles. The number of anilines is 1. The zero-order chi connectivity index (χ0) is 20.0. The quantitative estimate of drug-likeness (QED) is 0.616. The number of hydrogen-bond donors (Lipinski definition) is 1. The zero-order valence-corrected chi connectivity index (χ0v) is 14.1. The molecule has 0 spiro atoms. The molecule has 11 heteroatoms. The van der Waals surface area contributed by atoms with Gasteiger partial charge in [0.05, 0.1) is 16.6 Å². The lowest BCUT2D eigenvalue weighted by molar-refractivity contribution is -0.0600. The second-order valence-corrected chi connectivity index (χ2v) is 7.17. The van der Waals surface area contributed by atoms with Crippen molar-refractivity contribution in [1.82, 2.24) is 0 Å². The SMILES string of the molecule is O=S(=O)(O)c1ccc([C@@H]2CC(C(F)(F)F)=NN2c2ccc(F)cc2F)cc1. The molecule has 2 aromatic rings. The minimum absolute atomic E-state index is 0.203. The lowest BCUT2D eigenvalue weighted by Gasteiger charge is -2.24. The van der Waals surface area contributed by atoms with Crippen molar-refractivity contribution >= 4 is 21.5 Å². The van der Waals surface area contributed by atoms with Crippen molar-refractivity contribution in [2.45, 2.75) is 23.5 Å². The minimum Gasteiger partial charge on any atom is -0.282 e. The first-order valence-electron chi connectivity index (χ1n) is 7.43. The van der Waals surface area contributed by atoms with Gasteiger partial charge in [0.1, 0.15) is 11.5 Å². The van der Waals surface area contributed by atoms with Crippen LogP contribution in [0.25, 0.3) is 0 Å². The predicted molar refractivity (Wildman–Crippen MR) is 85.9 cm³/mol. The van der Waals surface area contributed by atoms with Crippen LogP contribution >= 0.6 is 0 Å². The zero-order valence-electron chi connectivity index (χ0n) is 13.3. The number of benzene rings is 2. The highest BCUT2D eigenvalue weighted by molar-refractivity contribution is 7.85. The summed E-state index contributed by atoms with van der Waals surface area (Å²) in [6.45, 7) is 0. The van der Waals surface area contributed by atoms with Gasteiger partial charge in [-0.2, -0.15) is 26.7 Å². The fourth-order valence-electron chi connectivity index (χ4n) is 2.69. The molecular formula is C16H11F5N2O3S. The van der Waals surface area contributed by atoms with Crippen LogP contribution in [0.1, 0.15) is 18.0 Å². The molecule has 1 aliphatic heterocycles. The molecule has 0 saturated carbocycles. The highest BCUT2D eigenvalue weighted by Gasteiger charge is 2.44. The van der Waals surface area contributed by atoms with E-state index in [4.69, 9.17) is 4.55 Å². The fraction of sp³-hybridized carbons (Fsp3) is 0.188. The van der Waals surface area contributed by atoms with Crippen molar-refractivity contribution in [3.05, 3.63) is 59.7 Å². The Morgan fingerprint density at radius 1 is 1.07 bits per heavy atom. The number of hydrogen-bond acceptors (Lipinski definition) is 4. The molecule has 5 nitrogen and oxygen atoms in total. The van der Waals surface area contributed by atoms with E-state index >= 15 is 0 Å². The summed E-state index contributed by atoms with van der Waals surface area (Å²) in [5, 5.41) is 4.22. The maximum atomic E-state index is 14.1. The Hall–Kier alpha value is -2.53. The highest BCUT2D eigenvalue weighted by Crippen LogP contribution is 2.40. The largest absolute Gasteiger partial charge is 0.431 e. The smallest absolute Gasteiger partial charge is 0.282 e. The minimum atomic E-state index is -4.75. The van der Waals surface area contributed by atoms with Gasteiger partial charge in [-0.25, -0.2) is 8.78 Å². The Bertz CT molecular complexity index is 1000. The van der Waals surface area contributed by atoms with E-state index in [1.807, 2.05) is 0 Å². The molecule has 0 bridgehead atoms. The summed E-state index contributed by atoms with van der Waals surface area (Å²) < 4.78 is 97.7. The van der Waals surface area contributed by atoms with Crippen molar-refractivity contribution in [3.8, 4) is 0 Å². The third kappa shape index (κ3) is 3.93. The van der Waals surface area contributed by atoms with Gasteiger partial charge in [0.2, 0.25) is 0 Å². The van der Waals surface area contributed by atoms with Crippen molar-refractivity contribution in [1.29, 1.82) is 0 Å². The predicted octanol–water partition coefficient (Wildman–Crippen LogP) is 4.08. The summed E-state index contributed by atoms with van der Waals surface area (Å²) in [7, 11) is -4.48. The van der Waals surface area contributed by atoms with E-state index < -0.39 is 51.0 Å². The van der Waals surface area contributed by atoms with Crippen LogP contribution in [0, 0.1) is 11.6 Å². The number of hydrazone groups is 1. The van der Waals surface area contributed by atoms with E-state index in [-0.39, 0.29) is 11.3 Å². The Morgan fingerprint density at radius 2 is 1.70 bits per heavy atom. The lowest BCUT2D eigenvalue weighted by Crippen LogP contribution is -2.21. The van der Waals surface area contributed by atoms with Gasteiger partial charge in [-0.15, -0.1) is 0 Å². The van der Waals surface area contributed by atoms with Crippen LogP contribution in [0.3, 0.4) is 0 Å². The first-order chi connectivity index (χ1) is 12.5. The molecule has 0 aliphatic carbocycles. The molecule has 3 rings (SSSR count). The van der Waals surface area contributed by atoms with E-state index in [1.54, 1.807) is 0 Å². The summed E-state index contributed by atoms with van der Waals surface area (Å²) in [5.74, 6) is -1.99. The number of halogens is 5. The average molecular weight is 406 g/mol.